The van der Waals surface area contributed by atoms with Crippen LogP contribution in [0.3, 0.4) is 0 Å². The lowest BCUT2D eigenvalue weighted by Crippen LogP contribution is -2.23. The average molecular weight is 169 g/mol. The van der Waals surface area contributed by atoms with E-state index in [2.05, 4.69) is 15.3 Å². The molecule has 3 N–H and O–H groups in total. The van der Waals surface area contributed by atoms with E-state index in [0.29, 0.717) is 5.95 Å². The zero-order valence-electron chi connectivity index (χ0n) is 6.51. The van der Waals surface area contributed by atoms with E-state index in [1.54, 1.807) is 18.5 Å². The van der Waals surface area contributed by atoms with Gasteiger partial charge in [-0.25, -0.2) is 9.97 Å². The lowest BCUT2D eigenvalue weighted by molar-refractivity contribution is 0.105. The summed E-state index contributed by atoms with van der Waals surface area (Å²) in [7, 11) is 0. The van der Waals surface area contributed by atoms with Crippen LogP contribution in [-0.2, 0) is 0 Å². The molecule has 12 heavy (non-hydrogen) atoms. The summed E-state index contributed by atoms with van der Waals surface area (Å²) < 4.78 is 0. The molecule has 1 heterocycles. The fourth-order valence-electron chi connectivity index (χ4n) is 0.664. The molecule has 1 aromatic rings. The van der Waals surface area contributed by atoms with E-state index in [4.69, 9.17) is 10.2 Å². The van der Waals surface area contributed by atoms with Gasteiger partial charge in [0.1, 0.15) is 0 Å². The van der Waals surface area contributed by atoms with Crippen LogP contribution in [0.5, 0.6) is 0 Å². The fourth-order valence-corrected chi connectivity index (χ4v) is 0.664. The Labute approximate surface area is 70.1 Å². The Balaban J connectivity index is 2.33. The van der Waals surface area contributed by atoms with Crippen LogP contribution in [0.2, 0.25) is 0 Å². The van der Waals surface area contributed by atoms with Gasteiger partial charge in [-0.1, -0.05) is 0 Å². The quantitative estimate of drug-likeness (QED) is 0.552. The second kappa shape index (κ2) is 4.63. The van der Waals surface area contributed by atoms with Gasteiger partial charge in [0, 0.05) is 18.9 Å². The Morgan fingerprint density at radius 3 is 2.67 bits per heavy atom. The van der Waals surface area contributed by atoms with Gasteiger partial charge in [0.25, 0.3) is 0 Å². The molecule has 5 heteroatoms. The SMILES string of the molecule is OCC(O)CNc1ncccn1. The van der Waals surface area contributed by atoms with Gasteiger partial charge in [-0.15, -0.1) is 0 Å². The molecule has 0 aliphatic rings. The third-order valence-corrected chi connectivity index (χ3v) is 1.27. The maximum Gasteiger partial charge on any atom is 0.222 e. The van der Waals surface area contributed by atoms with E-state index in [1.165, 1.54) is 0 Å². The highest BCUT2D eigenvalue weighted by Gasteiger charge is 2.01. The van der Waals surface area contributed by atoms with Crippen LogP contribution in [0.4, 0.5) is 5.95 Å². The van der Waals surface area contributed by atoms with Gasteiger partial charge in [0.15, 0.2) is 0 Å². The highest BCUT2D eigenvalue weighted by Crippen LogP contribution is 1.93. The average Bonchev–Trinajstić information content (AvgIpc) is 2.16. The smallest absolute Gasteiger partial charge is 0.222 e. The van der Waals surface area contributed by atoms with Gasteiger partial charge in [0.2, 0.25) is 5.95 Å². The molecule has 1 unspecified atom stereocenters. The Kier molecular flexibility index (Phi) is 3.43. The second-order valence-corrected chi connectivity index (χ2v) is 2.29. The van der Waals surface area contributed by atoms with Crippen LogP contribution in [-0.4, -0.2) is 39.4 Å². The van der Waals surface area contributed by atoms with Crippen LogP contribution >= 0.6 is 0 Å². The van der Waals surface area contributed by atoms with E-state index >= 15 is 0 Å². The first-order chi connectivity index (χ1) is 5.83. The van der Waals surface area contributed by atoms with E-state index in [0.717, 1.165) is 0 Å². The maximum absolute atomic E-state index is 8.95. The van der Waals surface area contributed by atoms with Gasteiger partial charge in [-0.2, -0.15) is 0 Å². The first-order valence-electron chi connectivity index (χ1n) is 3.62. The van der Waals surface area contributed by atoms with Crippen LogP contribution in [0.25, 0.3) is 0 Å². The molecular weight excluding hydrogens is 158 g/mol. The minimum atomic E-state index is -0.770. The molecule has 1 atom stereocenters. The normalized spacial score (nSPS) is 12.5. The Hall–Kier alpha value is -1.20. The highest BCUT2D eigenvalue weighted by atomic mass is 16.3. The van der Waals surface area contributed by atoms with Gasteiger partial charge in [-0.3, -0.25) is 0 Å². The first kappa shape index (κ1) is 8.89. The van der Waals surface area contributed by atoms with Gasteiger partial charge >= 0.3 is 0 Å². The molecule has 0 saturated heterocycles. The number of aromatic nitrogens is 2. The van der Waals surface area contributed by atoms with Crippen LogP contribution in [0, 0.1) is 0 Å². The standard InChI is InChI=1S/C7H11N3O2/c11-5-6(12)4-10-7-8-2-1-3-9-7/h1-3,6,11-12H,4-5H2,(H,8,9,10). The summed E-state index contributed by atoms with van der Waals surface area (Å²) in [5, 5.41) is 20.2. The predicted octanol–water partition coefficient (Wildman–Crippen LogP) is -0.758. The van der Waals surface area contributed by atoms with E-state index in [-0.39, 0.29) is 13.2 Å². The molecule has 0 fully saturated rings. The number of hydrogen-bond acceptors (Lipinski definition) is 5. The molecule has 5 nitrogen and oxygen atoms in total. The zero-order valence-corrected chi connectivity index (χ0v) is 6.51. The topological polar surface area (TPSA) is 78.3 Å². The van der Waals surface area contributed by atoms with Gasteiger partial charge in [0.05, 0.1) is 12.7 Å². The molecule has 0 aliphatic carbocycles. The Morgan fingerprint density at radius 1 is 1.42 bits per heavy atom. The number of nitrogens with zero attached hydrogens (tertiary/aromatic N) is 2. The third-order valence-electron chi connectivity index (χ3n) is 1.27. The molecule has 0 saturated carbocycles. The summed E-state index contributed by atoms with van der Waals surface area (Å²) in [6.45, 7) is -0.0135. The molecule has 1 aromatic heterocycles. The van der Waals surface area contributed by atoms with Crippen molar-refractivity contribution in [3.05, 3.63) is 18.5 Å². The van der Waals surface area contributed by atoms with Crippen molar-refractivity contribution >= 4 is 5.95 Å². The highest BCUT2D eigenvalue weighted by molar-refractivity contribution is 5.21. The van der Waals surface area contributed by atoms with Crippen molar-refractivity contribution in [1.29, 1.82) is 0 Å². The van der Waals surface area contributed by atoms with E-state index in [1.807, 2.05) is 0 Å². The van der Waals surface area contributed by atoms with Crippen molar-refractivity contribution in [2.45, 2.75) is 6.10 Å². The summed E-state index contributed by atoms with van der Waals surface area (Å²) in [4.78, 5) is 7.74. The summed E-state index contributed by atoms with van der Waals surface area (Å²) in [6.07, 6.45) is 2.43. The summed E-state index contributed by atoms with van der Waals surface area (Å²) in [6, 6.07) is 1.70. The van der Waals surface area contributed by atoms with Crippen LogP contribution < -0.4 is 5.32 Å². The van der Waals surface area contributed by atoms with Crippen LogP contribution in [0.1, 0.15) is 0 Å². The summed E-state index contributed by atoms with van der Waals surface area (Å²) >= 11 is 0. The molecular formula is C7H11N3O2. The molecule has 0 spiro atoms. The Morgan fingerprint density at radius 2 is 2.08 bits per heavy atom. The molecule has 0 bridgehead atoms. The van der Waals surface area contributed by atoms with Gasteiger partial charge in [-0.05, 0) is 6.07 Å². The molecule has 66 valence electrons. The zero-order chi connectivity index (χ0) is 8.81. The fraction of sp³-hybridized carbons (Fsp3) is 0.429. The number of anilines is 1. The second-order valence-electron chi connectivity index (χ2n) is 2.29. The predicted molar refractivity (Wildman–Crippen MR) is 43.6 cm³/mol. The largest absolute Gasteiger partial charge is 0.394 e. The van der Waals surface area contributed by atoms with Crippen molar-refractivity contribution in [3.8, 4) is 0 Å². The number of rotatable bonds is 4. The maximum atomic E-state index is 8.95. The van der Waals surface area contributed by atoms with E-state index < -0.39 is 6.10 Å². The number of hydrogen-bond donors (Lipinski definition) is 3. The van der Waals surface area contributed by atoms with E-state index in [9.17, 15) is 0 Å². The summed E-state index contributed by atoms with van der Waals surface area (Å²) in [5.41, 5.74) is 0. The minimum Gasteiger partial charge on any atom is -0.394 e. The molecule has 0 radical (unpaired) electrons. The monoisotopic (exact) mass is 169 g/mol. The number of aliphatic hydroxyl groups excluding tert-OH is 2. The lowest BCUT2D eigenvalue weighted by Gasteiger charge is -2.07. The van der Waals surface area contributed by atoms with Crippen LogP contribution in [0.15, 0.2) is 18.5 Å². The third kappa shape index (κ3) is 2.81. The van der Waals surface area contributed by atoms with Crippen molar-refractivity contribution < 1.29 is 10.2 Å². The molecule has 0 aliphatic heterocycles. The lowest BCUT2D eigenvalue weighted by atomic mass is 10.4. The summed E-state index contributed by atoms with van der Waals surface area (Å²) in [5.74, 6) is 0.449. The van der Waals surface area contributed by atoms with Crippen molar-refractivity contribution in [2.75, 3.05) is 18.5 Å². The minimum absolute atomic E-state index is 0.251. The van der Waals surface area contributed by atoms with Crippen molar-refractivity contribution in [1.82, 2.24) is 9.97 Å². The number of aliphatic hydroxyl groups is 2. The van der Waals surface area contributed by atoms with Gasteiger partial charge < -0.3 is 15.5 Å². The molecule has 0 amide bonds. The molecule has 0 aromatic carbocycles. The molecule has 1 rings (SSSR count). The Bertz CT molecular complexity index is 217. The number of nitrogens with one attached hydrogen (secondary N) is 1. The van der Waals surface area contributed by atoms with Crippen molar-refractivity contribution in [3.63, 3.8) is 0 Å². The van der Waals surface area contributed by atoms with Crippen molar-refractivity contribution in [2.24, 2.45) is 0 Å². The first-order valence-corrected chi connectivity index (χ1v) is 3.62.